The first-order chi connectivity index (χ1) is 14.2. The fraction of sp³-hybridized carbons (Fsp3) is 0.522. The summed E-state index contributed by atoms with van der Waals surface area (Å²) in [7, 11) is 0. The maximum atomic E-state index is 13.7. The molecule has 0 bridgehead atoms. The van der Waals surface area contributed by atoms with Gasteiger partial charge in [0.1, 0.15) is 11.9 Å². The van der Waals surface area contributed by atoms with Crippen LogP contribution in [-0.4, -0.2) is 46.6 Å². The Bertz CT molecular complexity index is 926. The number of piperidine rings is 1. The van der Waals surface area contributed by atoms with Gasteiger partial charge in [0, 0.05) is 31.2 Å². The standard InChI is InChI=1S/C23H29N3O4/c1-22(2,3)30-21(28)25-12-9-16(10-13-25)26-18-8-6-5-7-17(18)23(4,20(26)27)15-19-24-11-14-29-19/h5-8,11,14,16H,9-10,12-13,15H2,1-4H3. The summed E-state index contributed by atoms with van der Waals surface area (Å²) in [6.45, 7) is 8.71. The molecule has 3 heterocycles. The van der Waals surface area contributed by atoms with Crippen LogP contribution in [0.3, 0.4) is 0 Å². The lowest BCUT2D eigenvalue weighted by Gasteiger charge is -2.38. The van der Waals surface area contributed by atoms with Gasteiger partial charge < -0.3 is 19.0 Å². The summed E-state index contributed by atoms with van der Waals surface area (Å²) in [5.74, 6) is 0.625. The summed E-state index contributed by atoms with van der Waals surface area (Å²) in [6.07, 6.45) is 4.71. The van der Waals surface area contributed by atoms with Gasteiger partial charge in [0.05, 0.1) is 11.6 Å². The van der Waals surface area contributed by atoms with Gasteiger partial charge in [0.25, 0.3) is 0 Å². The largest absolute Gasteiger partial charge is 0.449 e. The molecule has 30 heavy (non-hydrogen) atoms. The van der Waals surface area contributed by atoms with Crippen molar-refractivity contribution < 1.29 is 18.7 Å². The molecule has 0 aliphatic carbocycles. The van der Waals surface area contributed by atoms with Crippen molar-refractivity contribution in [2.45, 2.75) is 64.0 Å². The van der Waals surface area contributed by atoms with Crippen LogP contribution in [0.2, 0.25) is 0 Å². The zero-order valence-corrected chi connectivity index (χ0v) is 18.1. The number of para-hydroxylation sites is 1. The highest BCUT2D eigenvalue weighted by Gasteiger charge is 2.50. The summed E-state index contributed by atoms with van der Waals surface area (Å²) < 4.78 is 10.9. The van der Waals surface area contributed by atoms with Gasteiger partial charge in [-0.2, -0.15) is 0 Å². The van der Waals surface area contributed by atoms with Crippen molar-refractivity contribution in [1.82, 2.24) is 9.88 Å². The van der Waals surface area contributed by atoms with E-state index in [4.69, 9.17) is 9.15 Å². The van der Waals surface area contributed by atoms with E-state index in [1.54, 1.807) is 11.1 Å². The summed E-state index contributed by atoms with van der Waals surface area (Å²) in [6, 6.07) is 8.00. The number of hydrogen-bond acceptors (Lipinski definition) is 5. The molecule has 0 saturated carbocycles. The fourth-order valence-corrected chi connectivity index (χ4v) is 4.45. The molecule has 2 amide bonds. The van der Waals surface area contributed by atoms with Crippen LogP contribution in [0.15, 0.2) is 41.1 Å². The second-order valence-electron chi connectivity index (χ2n) is 9.33. The minimum Gasteiger partial charge on any atom is -0.449 e. The summed E-state index contributed by atoms with van der Waals surface area (Å²) in [4.78, 5) is 34.0. The van der Waals surface area contributed by atoms with Crippen LogP contribution in [0.1, 0.15) is 52.0 Å². The number of carbonyl (C=O) groups excluding carboxylic acids is 2. The molecule has 160 valence electrons. The number of benzene rings is 1. The van der Waals surface area contributed by atoms with Gasteiger partial charge in [-0.25, -0.2) is 9.78 Å². The van der Waals surface area contributed by atoms with Gasteiger partial charge in [-0.15, -0.1) is 0 Å². The number of likely N-dealkylation sites (tertiary alicyclic amines) is 1. The van der Waals surface area contributed by atoms with Gasteiger partial charge in [-0.05, 0) is 52.2 Å². The molecule has 2 aliphatic rings. The number of ether oxygens (including phenoxy) is 1. The molecule has 2 aromatic rings. The molecule has 4 rings (SSSR count). The van der Waals surface area contributed by atoms with E-state index in [1.807, 2.05) is 56.9 Å². The van der Waals surface area contributed by atoms with Crippen LogP contribution in [0, 0.1) is 0 Å². The second-order valence-corrected chi connectivity index (χ2v) is 9.33. The lowest BCUT2D eigenvalue weighted by Crippen LogP contribution is -2.51. The number of amides is 2. The third-order valence-electron chi connectivity index (χ3n) is 5.92. The Hall–Kier alpha value is -2.83. The third-order valence-corrected chi connectivity index (χ3v) is 5.92. The zero-order valence-electron chi connectivity index (χ0n) is 18.1. The number of rotatable bonds is 3. The summed E-state index contributed by atoms with van der Waals surface area (Å²) >= 11 is 0. The van der Waals surface area contributed by atoms with E-state index in [2.05, 4.69) is 4.98 Å². The Kier molecular flexibility index (Phi) is 5.08. The van der Waals surface area contributed by atoms with Crippen LogP contribution in [0.4, 0.5) is 10.5 Å². The summed E-state index contributed by atoms with van der Waals surface area (Å²) in [5.41, 5.74) is 0.721. The van der Waals surface area contributed by atoms with E-state index in [0.717, 1.165) is 11.3 Å². The van der Waals surface area contributed by atoms with Gasteiger partial charge in [0.2, 0.25) is 5.91 Å². The molecule has 1 aromatic heterocycles. The molecule has 1 unspecified atom stereocenters. The van der Waals surface area contributed by atoms with Gasteiger partial charge in [-0.1, -0.05) is 18.2 Å². The summed E-state index contributed by atoms with van der Waals surface area (Å²) in [5, 5.41) is 0. The minimum absolute atomic E-state index is 0.0451. The first kappa shape index (κ1) is 20.4. The normalized spacial score (nSPS) is 22.3. The quantitative estimate of drug-likeness (QED) is 0.765. The van der Waals surface area contributed by atoms with Gasteiger partial charge in [0.15, 0.2) is 5.89 Å². The van der Waals surface area contributed by atoms with Crippen LogP contribution in [0.25, 0.3) is 0 Å². The van der Waals surface area contributed by atoms with E-state index in [1.165, 1.54) is 6.26 Å². The fourth-order valence-electron chi connectivity index (χ4n) is 4.45. The van der Waals surface area contributed by atoms with E-state index in [0.29, 0.717) is 38.2 Å². The highest BCUT2D eigenvalue weighted by atomic mass is 16.6. The SMILES string of the molecule is CC(C)(C)OC(=O)N1CCC(N2C(=O)C(C)(Cc3ncco3)c3ccccc32)CC1. The molecule has 0 N–H and O–H groups in total. The Morgan fingerprint density at radius 1 is 1.27 bits per heavy atom. The molecule has 7 heteroatoms. The molecule has 1 fully saturated rings. The van der Waals surface area contributed by atoms with Crippen molar-refractivity contribution in [2.24, 2.45) is 0 Å². The average Bonchev–Trinajstić information content (AvgIpc) is 3.27. The van der Waals surface area contributed by atoms with E-state index in [9.17, 15) is 9.59 Å². The van der Waals surface area contributed by atoms with Crippen LogP contribution in [0.5, 0.6) is 0 Å². The maximum Gasteiger partial charge on any atom is 0.410 e. The molecular formula is C23H29N3O4. The number of hydrogen-bond donors (Lipinski definition) is 0. The maximum absolute atomic E-state index is 13.7. The number of aromatic nitrogens is 1. The third kappa shape index (κ3) is 3.68. The number of anilines is 1. The first-order valence-electron chi connectivity index (χ1n) is 10.5. The Balaban J connectivity index is 1.53. The molecule has 0 radical (unpaired) electrons. The number of carbonyl (C=O) groups is 2. The van der Waals surface area contributed by atoms with Crippen molar-refractivity contribution in [3.05, 3.63) is 48.2 Å². The molecule has 1 aromatic carbocycles. The van der Waals surface area contributed by atoms with E-state index in [-0.39, 0.29) is 18.0 Å². The predicted octanol–water partition coefficient (Wildman–Crippen LogP) is 3.92. The molecule has 1 atom stereocenters. The van der Waals surface area contributed by atoms with Crippen molar-refractivity contribution in [3.8, 4) is 0 Å². The predicted molar refractivity (Wildman–Crippen MR) is 112 cm³/mol. The second kappa shape index (κ2) is 7.45. The first-order valence-corrected chi connectivity index (χ1v) is 10.5. The Morgan fingerprint density at radius 3 is 2.60 bits per heavy atom. The van der Waals surface area contributed by atoms with Crippen LogP contribution in [-0.2, 0) is 21.4 Å². The molecule has 1 saturated heterocycles. The lowest BCUT2D eigenvalue weighted by molar-refractivity contribution is -0.123. The molecule has 2 aliphatic heterocycles. The van der Waals surface area contributed by atoms with Crippen LogP contribution < -0.4 is 4.90 Å². The number of nitrogens with zero attached hydrogens (tertiary/aromatic N) is 3. The van der Waals surface area contributed by atoms with Gasteiger partial charge >= 0.3 is 6.09 Å². The van der Waals surface area contributed by atoms with Crippen molar-refractivity contribution in [2.75, 3.05) is 18.0 Å². The van der Waals surface area contributed by atoms with E-state index < -0.39 is 11.0 Å². The van der Waals surface area contributed by atoms with Crippen molar-refractivity contribution in [1.29, 1.82) is 0 Å². The smallest absolute Gasteiger partial charge is 0.410 e. The molecular weight excluding hydrogens is 382 g/mol. The highest BCUT2D eigenvalue weighted by Crippen LogP contribution is 2.45. The lowest BCUT2D eigenvalue weighted by atomic mass is 9.80. The van der Waals surface area contributed by atoms with Crippen molar-refractivity contribution >= 4 is 17.7 Å². The van der Waals surface area contributed by atoms with E-state index >= 15 is 0 Å². The average molecular weight is 412 g/mol. The Morgan fingerprint density at radius 2 is 1.97 bits per heavy atom. The van der Waals surface area contributed by atoms with Gasteiger partial charge in [-0.3, -0.25) is 4.79 Å². The minimum atomic E-state index is -0.719. The number of fused-ring (bicyclic) bond motifs is 1. The Labute approximate surface area is 177 Å². The topological polar surface area (TPSA) is 75.9 Å². The monoisotopic (exact) mass is 411 g/mol. The molecule has 0 spiro atoms. The zero-order chi connectivity index (χ0) is 21.5. The highest BCUT2D eigenvalue weighted by molar-refractivity contribution is 6.08. The van der Waals surface area contributed by atoms with Crippen LogP contribution >= 0.6 is 0 Å². The van der Waals surface area contributed by atoms with Crippen molar-refractivity contribution in [3.63, 3.8) is 0 Å². The molecule has 7 nitrogen and oxygen atoms in total. The number of oxazole rings is 1.